The van der Waals surface area contributed by atoms with Gasteiger partial charge in [0.25, 0.3) is 5.56 Å². The number of hydrogen-bond acceptors (Lipinski definition) is 2. The second kappa shape index (κ2) is 6.58. The summed E-state index contributed by atoms with van der Waals surface area (Å²) in [5, 5.41) is 3.10. The van der Waals surface area contributed by atoms with Gasteiger partial charge in [-0.15, -0.1) is 0 Å². The summed E-state index contributed by atoms with van der Waals surface area (Å²) >= 11 is 0. The summed E-state index contributed by atoms with van der Waals surface area (Å²) in [6.45, 7) is 9.54. The van der Waals surface area contributed by atoms with Crippen LogP contribution in [0.2, 0.25) is 0 Å². The molecule has 1 aliphatic rings. The largest absolute Gasteiger partial charge is 0.337 e. The van der Waals surface area contributed by atoms with Crippen molar-refractivity contribution in [2.45, 2.75) is 32.9 Å². The number of quaternary nitrogens is 2. The number of hydrogen-bond donors (Lipinski definition) is 2. The lowest BCUT2D eigenvalue weighted by atomic mass is 10.1. The fraction of sp³-hybridized carbons (Fsp3) is 0.529. The van der Waals surface area contributed by atoms with Gasteiger partial charge in [-0.3, -0.25) is 9.36 Å². The predicted molar refractivity (Wildman–Crippen MR) is 87.1 cm³/mol. The van der Waals surface area contributed by atoms with Crippen LogP contribution < -0.4 is 15.8 Å². The lowest BCUT2D eigenvalue weighted by molar-refractivity contribution is -0.973. The number of nitrogens with zero attached hydrogens (tertiary/aromatic N) is 2. The third-order valence-electron chi connectivity index (χ3n) is 4.76. The Hall–Kier alpha value is -1.72. The van der Waals surface area contributed by atoms with Gasteiger partial charge < -0.3 is 10.2 Å². The van der Waals surface area contributed by atoms with Gasteiger partial charge in [0.05, 0.1) is 10.9 Å². The molecule has 0 spiro atoms. The number of benzene rings is 1. The summed E-state index contributed by atoms with van der Waals surface area (Å²) in [6.07, 6.45) is 1.01. The summed E-state index contributed by atoms with van der Waals surface area (Å²) in [5.74, 6) is 0.964. The molecule has 3 N–H and O–H groups in total. The monoisotopic (exact) mass is 302 g/mol. The first-order valence-electron chi connectivity index (χ1n) is 8.42. The lowest BCUT2D eigenvalue weighted by Crippen LogP contribution is -3.20. The lowest BCUT2D eigenvalue weighted by Gasteiger charge is -2.30. The maximum atomic E-state index is 12.8. The molecule has 3 rings (SSSR count). The molecule has 5 nitrogen and oxygen atoms in total. The molecular formula is C17H26N4O+2. The van der Waals surface area contributed by atoms with Crippen LogP contribution in [-0.4, -0.2) is 35.7 Å². The zero-order chi connectivity index (χ0) is 15.5. The van der Waals surface area contributed by atoms with Crippen LogP contribution >= 0.6 is 0 Å². The van der Waals surface area contributed by atoms with Crippen LogP contribution in [0.25, 0.3) is 10.9 Å². The number of aromatic nitrogens is 2. The molecule has 22 heavy (non-hydrogen) atoms. The molecular weight excluding hydrogens is 276 g/mol. The maximum absolute atomic E-state index is 12.8. The van der Waals surface area contributed by atoms with Crippen LogP contribution in [0.15, 0.2) is 29.1 Å². The average molecular weight is 302 g/mol. The summed E-state index contributed by atoms with van der Waals surface area (Å²) in [7, 11) is 0. The second-order valence-corrected chi connectivity index (χ2v) is 6.02. The SMILES string of the molecule is CC[C@H](c1nc2ccccc2c(=O)n1CC)[NH+]1CC[NH2+]CC1. The number of fused-ring (bicyclic) bond motifs is 1. The fourth-order valence-electron chi connectivity index (χ4n) is 3.60. The van der Waals surface area contributed by atoms with Crippen molar-refractivity contribution in [3.63, 3.8) is 0 Å². The van der Waals surface area contributed by atoms with Crippen molar-refractivity contribution < 1.29 is 10.2 Å². The van der Waals surface area contributed by atoms with Gasteiger partial charge in [0.1, 0.15) is 32.2 Å². The highest BCUT2D eigenvalue weighted by atomic mass is 16.1. The van der Waals surface area contributed by atoms with Crippen molar-refractivity contribution in [3.05, 3.63) is 40.4 Å². The van der Waals surface area contributed by atoms with E-state index in [1.165, 1.54) is 0 Å². The maximum Gasteiger partial charge on any atom is 0.261 e. The molecule has 5 heteroatoms. The first-order valence-corrected chi connectivity index (χ1v) is 8.42. The third kappa shape index (κ3) is 2.66. The number of para-hydroxylation sites is 1. The quantitative estimate of drug-likeness (QED) is 0.787. The Morgan fingerprint density at radius 1 is 1.27 bits per heavy atom. The second-order valence-electron chi connectivity index (χ2n) is 6.02. The van der Waals surface area contributed by atoms with Gasteiger partial charge in [-0.05, 0) is 19.1 Å². The van der Waals surface area contributed by atoms with E-state index < -0.39 is 0 Å². The zero-order valence-corrected chi connectivity index (χ0v) is 13.5. The molecule has 0 aliphatic carbocycles. The van der Waals surface area contributed by atoms with Gasteiger partial charge in [-0.2, -0.15) is 0 Å². The van der Waals surface area contributed by atoms with E-state index in [4.69, 9.17) is 4.98 Å². The molecule has 0 unspecified atom stereocenters. The van der Waals surface area contributed by atoms with Crippen molar-refractivity contribution >= 4 is 10.9 Å². The molecule has 1 atom stereocenters. The van der Waals surface area contributed by atoms with E-state index in [1.807, 2.05) is 35.8 Å². The van der Waals surface area contributed by atoms with Crippen LogP contribution in [0.5, 0.6) is 0 Å². The molecule has 2 heterocycles. The Morgan fingerprint density at radius 3 is 2.68 bits per heavy atom. The minimum absolute atomic E-state index is 0.101. The first kappa shape index (κ1) is 15.2. The molecule has 118 valence electrons. The Morgan fingerprint density at radius 2 is 2.00 bits per heavy atom. The predicted octanol–water partition coefficient (Wildman–Crippen LogP) is -0.671. The van der Waals surface area contributed by atoms with Crippen molar-refractivity contribution in [3.8, 4) is 0 Å². The molecule has 0 radical (unpaired) electrons. The highest BCUT2D eigenvalue weighted by molar-refractivity contribution is 5.77. The van der Waals surface area contributed by atoms with E-state index in [9.17, 15) is 4.79 Å². The van der Waals surface area contributed by atoms with Crippen LogP contribution in [0, 0.1) is 0 Å². The van der Waals surface area contributed by atoms with E-state index in [2.05, 4.69) is 12.2 Å². The summed E-state index contributed by atoms with van der Waals surface area (Å²) in [4.78, 5) is 19.2. The summed E-state index contributed by atoms with van der Waals surface area (Å²) in [6, 6.07) is 8.01. The standard InChI is InChI=1S/C17H24N4O/c1-3-15(20-11-9-18-10-12-20)16-19-14-8-6-5-7-13(14)17(22)21(16)4-2/h5-8,15,18H,3-4,9-12H2,1-2H3/p+2/t15-/m1/s1. The highest BCUT2D eigenvalue weighted by Gasteiger charge is 2.29. The average Bonchev–Trinajstić information content (AvgIpc) is 2.57. The topological polar surface area (TPSA) is 55.9 Å². The Labute approximate surface area is 131 Å². The van der Waals surface area contributed by atoms with Gasteiger partial charge in [0, 0.05) is 13.0 Å². The van der Waals surface area contributed by atoms with E-state index in [0.29, 0.717) is 12.6 Å². The van der Waals surface area contributed by atoms with Gasteiger partial charge in [0.15, 0.2) is 5.82 Å². The minimum Gasteiger partial charge on any atom is -0.337 e. The van der Waals surface area contributed by atoms with Crippen molar-refractivity contribution in [2.75, 3.05) is 26.2 Å². The summed E-state index contributed by atoms with van der Waals surface area (Å²) < 4.78 is 1.88. The molecule has 0 saturated carbocycles. The van der Waals surface area contributed by atoms with Crippen LogP contribution in [0.1, 0.15) is 32.1 Å². The normalized spacial score (nSPS) is 17.7. The Balaban J connectivity index is 2.13. The number of piperazine rings is 1. The smallest absolute Gasteiger partial charge is 0.261 e. The number of rotatable bonds is 4. The molecule has 1 aliphatic heterocycles. The van der Waals surface area contributed by atoms with E-state index in [0.717, 1.165) is 49.3 Å². The molecule has 1 aromatic heterocycles. The number of nitrogens with one attached hydrogen (secondary N) is 1. The van der Waals surface area contributed by atoms with Crippen molar-refractivity contribution in [2.24, 2.45) is 0 Å². The van der Waals surface area contributed by atoms with Gasteiger partial charge in [0.2, 0.25) is 0 Å². The Bertz CT molecular complexity index is 703. The highest BCUT2D eigenvalue weighted by Crippen LogP contribution is 2.14. The van der Waals surface area contributed by atoms with Gasteiger partial charge in [-0.1, -0.05) is 19.1 Å². The van der Waals surface area contributed by atoms with E-state index >= 15 is 0 Å². The fourth-order valence-corrected chi connectivity index (χ4v) is 3.60. The third-order valence-corrected chi connectivity index (χ3v) is 4.76. The molecule has 1 aromatic carbocycles. The molecule has 0 amide bonds. The van der Waals surface area contributed by atoms with E-state index in [-0.39, 0.29) is 5.56 Å². The van der Waals surface area contributed by atoms with Crippen LogP contribution in [0.3, 0.4) is 0 Å². The Kier molecular flexibility index (Phi) is 4.55. The minimum atomic E-state index is 0.101. The zero-order valence-electron chi connectivity index (χ0n) is 13.5. The molecule has 1 fully saturated rings. The van der Waals surface area contributed by atoms with E-state index in [1.54, 1.807) is 4.90 Å². The first-order chi connectivity index (χ1) is 10.8. The van der Waals surface area contributed by atoms with Gasteiger partial charge >= 0.3 is 0 Å². The van der Waals surface area contributed by atoms with Crippen LogP contribution in [0.4, 0.5) is 0 Å². The van der Waals surface area contributed by atoms with Crippen LogP contribution in [-0.2, 0) is 6.54 Å². The van der Waals surface area contributed by atoms with Crippen molar-refractivity contribution in [1.82, 2.24) is 9.55 Å². The summed E-state index contributed by atoms with van der Waals surface area (Å²) in [5.41, 5.74) is 0.929. The van der Waals surface area contributed by atoms with Gasteiger partial charge in [-0.25, -0.2) is 4.98 Å². The molecule has 2 aromatic rings. The molecule has 0 bridgehead atoms. The number of nitrogens with two attached hydrogens (primary N) is 1. The van der Waals surface area contributed by atoms with Crippen molar-refractivity contribution in [1.29, 1.82) is 0 Å². The molecule has 1 saturated heterocycles.